The average molecular weight is 308 g/mol. The third-order valence-corrected chi connectivity index (χ3v) is 4.24. The Bertz CT molecular complexity index is 594. The predicted molar refractivity (Wildman–Crippen MR) is 76.2 cm³/mol. The lowest BCUT2D eigenvalue weighted by Gasteiger charge is -2.32. The van der Waals surface area contributed by atoms with Crippen molar-refractivity contribution in [1.82, 2.24) is 10.2 Å². The lowest BCUT2D eigenvalue weighted by atomic mass is 10.0. The number of hydrogen-bond acceptors (Lipinski definition) is 2. The van der Waals surface area contributed by atoms with Crippen LogP contribution in [0.3, 0.4) is 0 Å². The maximum atomic E-state index is 13.7. The molecule has 3 rings (SSSR count). The van der Waals surface area contributed by atoms with Gasteiger partial charge in [0.05, 0.1) is 5.56 Å². The maximum absolute atomic E-state index is 13.7. The molecule has 1 N–H and O–H groups in total. The van der Waals surface area contributed by atoms with Gasteiger partial charge in [-0.2, -0.15) is 0 Å². The van der Waals surface area contributed by atoms with E-state index in [2.05, 4.69) is 5.32 Å². The number of benzene rings is 1. The van der Waals surface area contributed by atoms with E-state index in [1.165, 1.54) is 6.07 Å². The van der Waals surface area contributed by atoms with E-state index in [0.29, 0.717) is 25.9 Å². The Balaban J connectivity index is 1.56. The first-order chi connectivity index (χ1) is 10.5. The fourth-order valence-corrected chi connectivity index (χ4v) is 2.72. The molecule has 1 aliphatic carbocycles. The number of amides is 2. The Morgan fingerprint density at radius 2 is 1.77 bits per heavy atom. The number of nitrogens with one attached hydrogen (secondary N) is 1. The van der Waals surface area contributed by atoms with Gasteiger partial charge in [-0.3, -0.25) is 9.59 Å². The van der Waals surface area contributed by atoms with Crippen molar-refractivity contribution in [1.29, 1.82) is 0 Å². The van der Waals surface area contributed by atoms with Crippen molar-refractivity contribution in [3.05, 3.63) is 35.4 Å². The second-order valence-corrected chi connectivity index (χ2v) is 5.97. The molecule has 1 heterocycles. The van der Waals surface area contributed by atoms with Gasteiger partial charge in [-0.15, -0.1) is 0 Å². The second-order valence-electron chi connectivity index (χ2n) is 5.97. The highest BCUT2D eigenvalue weighted by Gasteiger charge is 2.32. The number of halogens is 2. The van der Waals surface area contributed by atoms with Crippen molar-refractivity contribution in [2.45, 2.75) is 31.7 Å². The van der Waals surface area contributed by atoms with Gasteiger partial charge < -0.3 is 10.2 Å². The van der Waals surface area contributed by atoms with E-state index in [9.17, 15) is 18.4 Å². The molecule has 6 heteroatoms. The topological polar surface area (TPSA) is 49.4 Å². The van der Waals surface area contributed by atoms with Gasteiger partial charge in [0.1, 0.15) is 11.6 Å². The normalized spacial score (nSPS) is 19.1. The van der Waals surface area contributed by atoms with Gasteiger partial charge in [0.2, 0.25) is 5.91 Å². The molecule has 4 nitrogen and oxygen atoms in total. The molecule has 22 heavy (non-hydrogen) atoms. The molecule has 0 bridgehead atoms. The fraction of sp³-hybridized carbons (Fsp3) is 0.500. The van der Waals surface area contributed by atoms with Gasteiger partial charge in [-0.25, -0.2) is 8.78 Å². The Hall–Kier alpha value is -1.98. The van der Waals surface area contributed by atoms with Gasteiger partial charge >= 0.3 is 0 Å². The summed E-state index contributed by atoms with van der Waals surface area (Å²) in [6.45, 7) is 0.927. The Morgan fingerprint density at radius 3 is 2.36 bits per heavy atom. The van der Waals surface area contributed by atoms with Crippen LogP contribution in [0.4, 0.5) is 8.78 Å². The monoisotopic (exact) mass is 308 g/mol. The number of carbonyl (C=O) groups excluding carboxylic acids is 2. The molecular weight excluding hydrogens is 290 g/mol. The molecule has 0 spiro atoms. The van der Waals surface area contributed by atoms with Gasteiger partial charge in [0.15, 0.2) is 0 Å². The van der Waals surface area contributed by atoms with Crippen LogP contribution in [-0.2, 0) is 4.79 Å². The zero-order valence-electron chi connectivity index (χ0n) is 12.1. The number of rotatable bonds is 3. The highest BCUT2D eigenvalue weighted by atomic mass is 19.1. The van der Waals surface area contributed by atoms with Crippen LogP contribution in [0.2, 0.25) is 0 Å². The molecule has 2 aliphatic rings. The largest absolute Gasteiger partial charge is 0.353 e. The molecule has 0 radical (unpaired) electrons. The zero-order valence-corrected chi connectivity index (χ0v) is 12.1. The summed E-state index contributed by atoms with van der Waals surface area (Å²) >= 11 is 0. The van der Waals surface area contributed by atoms with Crippen LogP contribution >= 0.6 is 0 Å². The lowest BCUT2D eigenvalue weighted by molar-refractivity contribution is -0.123. The van der Waals surface area contributed by atoms with Crippen molar-refractivity contribution < 1.29 is 18.4 Å². The summed E-state index contributed by atoms with van der Waals surface area (Å²) in [5, 5.41) is 3.00. The molecule has 118 valence electrons. The smallest absolute Gasteiger partial charge is 0.256 e. The number of hydrogen-bond donors (Lipinski definition) is 1. The molecule has 0 unspecified atom stereocenters. The SMILES string of the molecule is O=C(NC1CCN(C(=O)c2ccc(F)cc2F)CC1)C1CC1. The summed E-state index contributed by atoms with van der Waals surface area (Å²) in [4.78, 5) is 25.5. The van der Waals surface area contributed by atoms with Crippen LogP contribution < -0.4 is 5.32 Å². The van der Waals surface area contributed by atoms with E-state index in [4.69, 9.17) is 0 Å². The van der Waals surface area contributed by atoms with Crippen molar-refractivity contribution in [2.75, 3.05) is 13.1 Å². The minimum Gasteiger partial charge on any atom is -0.353 e. The first-order valence-corrected chi connectivity index (χ1v) is 7.59. The Kier molecular flexibility index (Phi) is 4.09. The summed E-state index contributed by atoms with van der Waals surface area (Å²) < 4.78 is 26.5. The second kappa shape index (κ2) is 6.02. The minimum absolute atomic E-state index is 0.0789. The summed E-state index contributed by atoms with van der Waals surface area (Å²) in [5.41, 5.74) is -0.109. The number of nitrogens with zero attached hydrogens (tertiary/aromatic N) is 1. The van der Waals surface area contributed by atoms with Gasteiger partial charge in [0, 0.05) is 31.1 Å². The highest BCUT2D eigenvalue weighted by molar-refractivity contribution is 5.94. The van der Waals surface area contributed by atoms with Crippen molar-refractivity contribution in [2.24, 2.45) is 5.92 Å². The van der Waals surface area contributed by atoms with Crippen molar-refractivity contribution >= 4 is 11.8 Å². The summed E-state index contributed by atoms with van der Waals surface area (Å²) in [7, 11) is 0. The van der Waals surface area contributed by atoms with E-state index < -0.39 is 17.5 Å². The molecule has 1 saturated heterocycles. The summed E-state index contributed by atoms with van der Waals surface area (Å²) in [6, 6.07) is 3.05. The van der Waals surface area contributed by atoms with Crippen molar-refractivity contribution in [3.8, 4) is 0 Å². The number of piperidine rings is 1. The minimum atomic E-state index is -0.839. The van der Waals surface area contributed by atoms with Gasteiger partial charge in [0.25, 0.3) is 5.91 Å². The van der Waals surface area contributed by atoms with E-state index in [1.807, 2.05) is 0 Å². The van der Waals surface area contributed by atoms with Crippen molar-refractivity contribution in [3.63, 3.8) is 0 Å². The third kappa shape index (κ3) is 3.26. The van der Waals surface area contributed by atoms with E-state index in [-0.39, 0.29) is 23.4 Å². The van der Waals surface area contributed by atoms with E-state index in [0.717, 1.165) is 25.0 Å². The molecule has 1 aromatic rings. The summed E-state index contributed by atoms with van der Waals surface area (Å²) in [5.74, 6) is -1.68. The van der Waals surface area contributed by atoms with E-state index in [1.54, 1.807) is 4.90 Å². The first-order valence-electron chi connectivity index (χ1n) is 7.59. The number of carbonyl (C=O) groups is 2. The molecule has 0 atom stereocenters. The van der Waals surface area contributed by atoms with Crippen LogP contribution in [0.25, 0.3) is 0 Å². The third-order valence-electron chi connectivity index (χ3n) is 4.24. The molecule has 1 aliphatic heterocycles. The van der Waals surface area contributed by atoms with Crippen LogP contribution in [0, 0.1) is 17.6 Å². The van der Waals surface area contributed by atoms with Crippen LogP contribution in [0.5, 0.6) is 0 Å². The summed E-state index contributed by atoms with van der Waals surface area (Å²) in [6.07, 6.45) is 3.25. The molecule has 0 aromatic heterocycles. The average Bonchev–Trinajstić information content (AvgIpc) is 3.32. The Morgan fingerprint density at radius 1 is 1.09 bits per heavy atom. The van der Waals surface area contributed by atoms with Gasteiger partial charge in [-0.05, 0) is 37.8 Å². The van der Waals surface area contributed by atoms with Crippen LogP contribution in [0.1, 0.15) is 36.0 Å². The standard InChI is InChI=1S/C16H18F2N2O2/c17-11-3-4-13(14(18)9-11)16(22)20-7-5-12(6-8-20)19-15(21)10-1-2-10/h3-4,9-10,12H,1-2,5-8H2,(H,19,21). The Labute approximate surface area is 127 Å². The molecule has 2 fully saturated rings. The molecule has 1 aromatic carbocycles. The predicted octanol–water partition coefficient (Wildman–Crippen LogP) is 2.10. The quantitative estimate of drug-likeness (QED) is 0.929. The molecule has 1 saturated carbocycles. The van der Waals surface area contributed by atoms with Crippen LogP contribution in [-0.4, -0.2) is 35.8 Å². The lowest BCUT2D eigenvalue weighted by Crippen LogP contribution is -2.47. The molecule has 2 amide bonds. The van der Waals surface area contributed by atoms with Crippen LogP contribution in [0.15, 0.2) is 18.2 Å². The number of likely N-dealkylation sites (tertiary alicyclic amines) is 1. The zero-order chi connectivity index (χ0) is 15.7. The highest BCUT2D eigenvalue weighted by Crippen LogP contribution is 2.29. The van der Waals surface area contributed by atoms with E-state index >= 15 is 0 Å². The molecular formula is C16H18F2N2O2. The van der Waals surface area contributed by atoms with Gasteiger partial charge in [-0.1, -0.05) is 0 Å². The first kappa shape index (κ1) is 14.9. The maximum Gasteiger partial charge on any atom is 0.256 e. The fourth-order valence-electron chi connectivity index (χ4n) is 2.72.